The molecule has 0 aliphatic heterocycles. The molecule has 2 atom stereocenters. The average molecular weight is 261 g/mol. The maximum atomic E-state index is 12.5. The van der Waals surface area contributed by atoms with Gasteiger partial charge in [-0.25, -0.2) is 0 Å². The molecule has 0 aromatic heterocycles. The Morgan fingerprint density at radius 2 is 1.94 bits per heavy atom. The molecule has 2 N–H and O–H groups in total. The predicted molar refractivity (Wildman–Crippen MR) is 64.0 cm³/mol. The molecule has 0 aliphatic rings. The van der Waals surface area contributed by atoms with E-state index in [9.17, 15) is 18.3 Å². The zero-order chi connectivity index (χ0) is 13.8. The lowest BCUT2D eigenvalue weighted by Gasteiger charge is -2.16. The molecule has 0 fully saturated rings. The van der Waals surface area contributed by atoms with Gasteiger partial charge in [0, 0.05) is 12.6 Å². The Morgan fingerprint density at radius 3 is 2.50 bits per heavy atom. The van der Waals surface area contributed by atoms with Gasteiger partial charge in [-0.05, 0) is 31.9 Å². The molecule has 0 radical (unpaired) electrons. The van der Waals surface area contributed by atoms with Gasteiger partial charge in [0.25, 0.3) is 0 Å². The second kappa shape index (κ2) is 6.20. The lowest BCUT2D eigenvalue weighted by atomic mass is 10.1. The highest BCUT2D eigenvalue weighted by molar-refractivity contribution is 5.25. The Labute approximate surface area is 105 Å². The van der Waals surface area contributed by atoms with Crippen molar-refractivity contribution >= 4 is 0 Å². The van der Waals surface area contributed by atoms with E-state index in [4.69, 9.17) is 0 Å². The summed E-state index contributed by atoms with van der Waals surface area (Å²) in [5.74, 6) is 0. The van der Waals surface area contributed by atoms with Gasteiger partial charge in [0.15, 0.2) is 0 Å². The lowest BCUT2D eigenvalue weighted by Crippen LogP contribution is -2.28. The van der Waals surface area contributed by atoms with Crippen molar-refractivity contribution < 1.29 is 18.3 Å². The number of halogens is 3. The number of hydrogen-bond acceptors (Lipinski definition) is 2. The van der Waals surface area contributed by atoms with Crippen molar-refractivity contribution in [2.24, 2.45) is 0 Å². The van der Waals surface area contributed by atoms with E-state index >= 15 is 0 Å². The number of benzene rings is 1. The molecule has 0 saturated carbocycles. The fraction of sp³-hybridized carbons (Fsp3) is 0.538. The Balaban J connectivity index is 2.58. The second-order valence-electron chi connectivity index (χ2n) is 4.56. The minimum atomic E-state index is -4.30. The molecule has 0 saturated heterocycles. The number of aliphatic hydroxyl groups excluding tert-OH is 1. The second-order valence-corrected chi connectivity index (χ2v) is 4.56. The quantitative estimate of drug-likeness (QED) is 0.854. The van der Waals surface area contributed by atoms with Gasteiger partial charge in [-0.1, -0.05) is 18.2 Å². The summed E-state index contributed by atoms with van der Waals surface area (Å²) in [6.45, 7) is 3.93. The zero-order valence-electron chi connectivity index (χ0n) is 10.5. The van der Waals surface area contributed by atoms with E-state index in [1.807, 2.05) is 6.92 Å². The Kier molecular flexibility index (Phi) is 5.16. The fourth-order valence-corrected chi connectivity index (χ4v) is 1.74. The summed E-state index contributed by atoms with van der Waals surface area (Å²) in [4.78, 5) is 0. The summed E-state index contributed by atoms with van der Waals surface area (Å²) >= 11 is 0. The van der Waals surface area contributed by atoms with Crippen LogP contribution in [-0.4, -0.2) is 17.3 Å². The van der Waals surface area contributed by atoms with Crippen molar-refractivity contribution in [1.82, 2.24) is 5.32 Å². The van der Waals surface area contributed by atoms with Gasteiger partial charge >= 0.3 is 6.18 Å². The molecule has 18 heavy (non-hydrogen) atoms. The topological polar surface area (TPSA) is 32.3 Å². The predicted octanol–water partition coefficient (Wildman–Crippen LogP) is 2.95. The van der Waals surface area contributed by atoms with Gasteiger partial charge in [0.1, 0.15) is 0 Å². The van der Waals surface area contributed by atoms with E-state index in [1.54, 1.807) is 13.0 Å². The van der Waals surface area contributed by atoms with Crippen molar-refractivity contribution in [3.05, 3.63) is 35.4 Å². The van der Waals surface area contributed by atoms with Crippen LogP contribution < -0.4 is 5.32 Å². The van der Waals surface area contributed by atoms with Gasteiger partial charge in [-0.15, -0.1) is 0 Å². The Hall–Kier alpha value is -1.07. The average Bonchev–Trinajstić information content (AvgIpc) is 2.25. The SMILES string of the molecule is CC(O)CC(C)NCc1cccc(C(F)(F)F)c1. The minimum absolute atomic E-state index is 0.0551. The summed E-state index contributed by atoms with van der Waals surface area (Å²) < 4.78 is 37.5. The van der Waals surface area contributed by atoms with E-state index in [2.05, 4.69) is 5.32 Å². The molecule has 1 rings (SSSR count). The van der Waals surface area contributed by atoms with E-state index < -0.39 is 17.8 Å². The van der Waals surface area contributed by atoms with Gasteiger partial charge in [0.05, 0.1) is 11.7 Å². The summed E-state index contributed by atoms with van der Waals surface area (Å²) in [7, 11) is 0. The number of rotatable bonds is 5. The first-order valence-electron chi connectivity index (χ1n) is 5.86. The van der Waals surface area contributed by atoms with Crippen molar-refractivity contribution in [3.63, 3.8) is 0 Å². The van der Waals surface area contributed by atoms with Crippen LogP contribution in [0.2, 0.25) is 0 Å². The third-order valence-corrected chi connectivity index (χ3v) is 2.60. The first-order valence-corrected chi connectivity index (χ1v) is 5.86. The third-order valence-electron chi connectivity index (χ3n) is 2.60. The van der Waals surface area contributed by atoms with Crippen LogP contribution in [0.15, 0.2) is 24.3 Å². The van der Waals surface area contributed by atoms with Gasteiger partial charge in [0.2, 0.25) is 0 Å². The van der Waals surface area contributed by atoms with Crippen molar-refractivity contribution in [3.8, 4) is 0 Å². The molecule has 102 valence electrons. The molecular weight excluding hydrogens is 243 g/mol. The molecule has 5 heteroatoms. The number of aliphatic hydroxyl groups is 1. The zero-order valence-corrected chi connectivity index (χ0v) is 10.5. The summed E-state index contributed by atoms with van der Waals surface area (Å²) in [5.41, 5.74) is -0.0488. The smallest absolute Gasteiger partial charge is 0.393 e. The summed E-state index contributed by atoms with van der Waals surface area (Å²) in [6, 6.07) is 5.31. The van der Waals surface area contributed by atoms with Crippen molar-refractivity contribution in [1.29, 1.82) is 0 Å². The molecule has 0 bridgehead atoms. The van der Waals surface area contributed by atoms with Crippen LogP contribution >= 0.6 is 0 Å². The monoisotopic (exact) mass is 261 g/mol. The van der Waals surface area contributed by atoms with Crippen LogP contribution in [0.25, 0.3) is 0 Å². The fourth-order valence-electron chi connectivity index (χ4n) is 1.74. The number of nitrogens with one attached hydrogen (secondary N) is 1. The van der Waals surface area contributed by atoms with Crippen LogP contribution in [0.1, 0.15) is 31.4 Å². The third kappa shape index (κ3) is 5.06. The maximum Gasteiger partial charge on any atom is 0.416 e. The van der Waals surface area contributed by atoms with Crippen LogP contribution in [0, 0.1) is 0 Å². The molecule has 1 aromatic rings. The van der Waals surface area contributed by atoms with Gasteiger partial charge in [-0.3, -0.25) is 0 Å². The van der Waals surface area contributed by atoms with Crippen LogP contribution in [-0.2, 0) is 12.7 Å². The highest BCUT2D eigenvalue weighted by Crippen LogP contribution is 2.29. The standard InChI is InChI=1S/C13H18F3NO/c1-9(6-10(2)18)17-8-11-4-3-5-12(7-11)13(14,15)16/h3-5,7,9-10,17-18H,6,8H2,1-2H3. The molecule has 1 aromatic carbocycles. The van der Waals surface area contributed by atoms with E-state index in [1.165, 1.54) is 6.07 Å². The highest BCUT2D eigenvalue weighted by Gasteiger charge is 2.30. The lowest BCUT2D eigenvalue weighted by molar-refractivity contribution is -0.137. The highest BCUT2D eigenvalue weighted by atomic mass is 19.4. The van der Waals surface area contributed by atoms with Crippen LogP contribution in [0.5, 0.6) is 0 Å². The largest absolute Gasteiger partial charge is 0.416 e. The normalized spacial score (nSPS) is 15.4. The van der Waals surface area contributed by atoms with Crippen LogP contribution in [0.3, 0.4) is 0 Å². The minimum Gasteiger partial charge on any atom is -0.393 e. The number of hydrogen-bond donors (Lipinski definition) is 2. The molecule has 2 nitrogen and oxygen atoms in total. The number of alkyl halides is 3. The van der Waals surface area contributed by atoms with Gasteiger partial charge < -0.3 is 10.4 Å². The molecule has 0 heterocycles. The summed E-state index contributed by atoms with van der Waals surface area (Å²) in [5, 5.41) is 12.3. The molecular formula is C13H18F3NO. The first-order chi connectivity index (χ1) is 8.29. The van der Waals surface area contributed by atoms with Crippen molar-refractivity contribution in [2.75, 3.05) is 0 Å². The Morgan fingerprint density at radius 1 is 1.28 bits per heavy atom. The van der Waals surface area contributed by atoms with Crippen LogP contribution in [0.4, 0.5) is 13.2 Å². The van der Waals surface area contributed by atoms with Crippen molar-refractivity contribution in [2.45, 2.75) is 45.1 Å². The molecule has 0 aliphatic carbocycles. The molecule has 0 spiro atoms. The van der Waals surface area contributed by atoms with E-state index in [-0.39, 0.29) is 6.04 Å². The summed E-state index contributed by atoms with van der Waals surface area (Å²) in [6.07, 6.45) is -4.16. The molecule has 0 amide bonds. The Bertz CT molecular complexity index is 377. The maximum absolute atomic E-state index is 12.5. The van der Waals surface area contributed by atoms with Gasteiger partial charge in [-0.2, -0.15) is 13.2 Å². The van der Waals surface area contributed by atoms with E-state index in [0.29, 0.717) is 18.5 Å². The van der Waals surface area contributed by atoms with E-state index in [0.717, 1.165) is 12.1 Å². The first kappa shape index (κ1) is 15.0. The molecule has 2 unspecified atom stereocenters.